The molecule has 1 rings (SSSR count). The van der Waals surface area contributed by atoms with Crippen LogP contribution in [0.15, 0.2) is 10.8 Å². The number of carbonyl (C=O) groups is 1. The van der Waals surface area contributed by atoms with Crippen molar-refractivity contribution < 1.29 is 9.21 Å². The molecule has 1 N–H and O–H groups in total. The van der Waals surface area contributed by atoms with Gasteiger partial charge in [-0.15, -0.1) is 0 Å². The first-order chi connectivity index (χ1) is 6.09. The van der Waals surface area contributed by atoms with E-state index in [1.807, 2.05) is 20.8 Å². The summed E-state index contributed by atoms with van der Waals surface area (Å²) in [5, 5.41) is 2.78. The van der Waals surface area contributed by atoms with Crippen LogP contribution in [0.1, 0.15) is 25.3 Å². The van der Waals surface area contributed by atoms with Crippen molar-refractivity contribution in [3.8, 4) is 0 Å². The standard InChI is InChI=1S/C9H14N2O2/c1-6(2)11-9(12)4-8-7(3)10-5-13-8/h5-6H,4H2,1-3H3,(H,11,12). The van der Waals surface area contributed by atoms with Crippen LogP contribution in [-0.4, -0.2) is 16.9 Å². The van der Waals surface area contributed by atoms with Crippen LogP contribution < -0.4 is 5.32 Å². The summed E-state index contributed by atoms with van der Waals surface area (Å²) in [6.07, 6.45) is 1.62. The lowest BCUT2D eigenvalue weighted by atomic mass is 10.2. The quantitative estimate of drug-likeness (QED) is 0.760. The molecule has 0 saturated heterocycles. The molecule has 1 heterocycles. The van der Waals surface area contributed by atoms with Gasteiger partial charge in [-0.25, -0.2) is 4.98 Å². The summed E-state index contributed by atoms with van der Waals surface area (Å²) in [6.45, 7) is 5.66. The van der Waals surface area contributed by atoms with E-state index >= 15 is 0 Å². The average Bonchev–Trinajstić information content (AvgIpc) is 2.34. The minimum absolute atomic E-state index is 0.0325. The van der Waals surface area contributed by atoms with Gasteiger partial charge in [-0.1, -0.05) is 0 Å². The van der Waals surface area contributed by atoms with Crippen molar-refractivity contribution in [3.63, 3.8) is 0 Å². The molecule has 4 heteroatoms. The number of hydrogen-bond acceptors (Lipinski definition) is 3. The highest BCUT2D eigenvalue weighted by molar-refractivity contribution is 5.78. The minimum atomic E-state index is -0.0325. The van der Waals surface area contributed by atoms with Crippen molar-refractivity contribution in [2.75, 3.05) is 0 Å². The second kappa shape index (κ2) is 4.07. The minimum Gasteiger partial charge on any atom is -0.448 e. The van der Waals surface area contributed by atoms with Gasteiger partial charge in [-0.3, -0.25) is 4.79 Å². The van der Waals surface area contributed by atoms with Crippen LogP contribution in [-0.2, 0) is 11.2 Å². The summed E-state index contributed by atoms with van der Waals surface area (Å²) in [4.78, 5) is 15.2. The third kappa shape index (κ3) is 2.89. The molecule has 0 aliphatic carbocycles. The molecule has 0 saturated carbocycles. The van der Waals surface area contributed by atoms with Gasteiger partial charge in [0, 0.05) is 6.04 Å². The Morgan fingerprint density at radius 1 is 1.69 bits per heavy atom. The van der Waals surface area contributed by atoms with Crippen molar-refractivity contribution in [3.05, 3.63) is 17.8 Å². The first kappa shape index (κ1) is 9.77. The number of oxazole rings is 1. The smallest absolute Gasteiger partial charge is 0.227 e. The number of aryl methyl sites for hydroxylation is 1. The summed E-state index contributed by atoms with van der Waals surface area (Å²) >= 11 is 0. The Kier molecular flexibility index (Phi) is 3.06. The molecule has 72 valence electrons. The average molecular weight is 182 g/mol. The molecule has 0 radical (unpaired) electrons. The van der Waals surface area contributed by atoms with Gasteiger partial charge in [-0.2, -0.15) is 0 Å². The molecule has 0 atom stereocenters. The summed E-state index contributed by atoms with van der Waals surface area (Å²) in [7, 11) is 0. The molecular weight excluding hydrogens is 168 g/mol. The van der Waals surface area contributed by atoms with E-state index in [9.17, 15) is 4.79 Å². The molecular formula is C9H14N2O2. The number of aromatic nitrogens is 1. The number of amides is 1. The molecule has 1 aromatic heterocycles. The van der Waals surface area contributed by atoms with E-state index in [4.69, 9.17) is 4.42 Å². The van der Waals surface area contributed by atoms with E-state index in [0.29, 0.717) is 5.76 Å². The molecule has 1 amide bonds. The van der Waals surface area contributed by atoms with Gasteiger partial charge >= 0.3 is 0 Å². The Hall–Kier alpha value is -1.32. The van der Waals surface area contributed by atoms with E-state index in [2.05, 4.69) is 10.3 Å². The van der Waals surface area contributed by atoms with Gasteiger partial charge in [-0.05, 0) is 20.8 Å². The van der Waals surface area contributed by atoms with Crippen LogP contribution in [0.4, 0.5) is 0 Å². The van der Waals surface area contributed by atoms with Gasteiger partial charge in [0.05, 0.1) is 12.1 Å². The predicted octanol–water partition coefficient (Wildman–Crippen LogP) is 1.05. The predicted molar refractivity (Wildman–Crippen MR) is 48.2 cm³/mol. The van der Waals surface area contributed by atoms with Crippen molar-refractivity contribution in [2.45, 2.75) is 33.2 Å². The lowest BCUT2D eigenvalue weighted by Gasteiger charge is -2.06. The highest BCUT2D eigenvalue weighted by Gasteiger charge is 2.09. The van der Waals surface area contributed by atoms with Crippen LogP contribution in [0.25, 0.3) is 0 Å². The number of nitrogens with zero attached hydrogens (tertiary/aromatic N) is 1. The van der Waals surface area contributed by atoms with E-state index in [0.717, 1.165) is 5.69 Å². The summed E-state index contributed by atoms with van der Waals surface area (Å²) < 4.78 is 5.04. The van der Waals surface area contributed by atoms with E-state index in [-0.39, 0.29) is 18.4 Å². The highest BCUT2D eigenvalue weighted by Crippen LogP contribution is 2.05. The molecule has 0 aliphatic heterocycles. The van der Waals surface area contributed by atoms with Crippen LogP contribution in [0.2, 0.25) is 0 Å². The second-order valence-corrected chi connectivity index (χ2v) is 3.26. The monoisotopic (exact) mass is 182 g/mol. The molecule has 4 nitrogen and oxygen atoms in total. The fourth-order valence-electron chi connectivity index (χ4n) is 1.01. The molecule has 0 aliphatic rings. The second-order valence-electron chi connectivity index (χ2n) is 3.26. The first-order valence-electron chi connectivity index (χ1n) is 4.28. The summed E-state index contributed by atoms with van der Waals surface area (Å²) in [5.74, 6) is 0.605. The van der Waals surface area contributed by atoms with Crippen molar-refractivity contribution >= 4 is 5.91 Å². The Labute approximate surface area is 77.3 Å². The number of rotatable bonds is 3. The number of nitrogens with one attached hydrogen (secondary N) is 1. The molecule has 13 heavy (non-hydrogen) atoms. The Bertz CT molecular complexity index is 292. The topological polar surface area (TPSA) is 55.1 Å². The number of hydrogen-bond donors (Lipinski definition) is 1. The van der Waals surface area contributed by atoms with Crippen LogP contribution in [0.3, 0.4) is 0 Å². The van der Waals surface area contributed by atoms with E-state index < -0.39 is 0 Å². The fraction of sp³-hybridized carbons (Fsp3) is 0.556. The Balaban J connectivity index is 2.50. The van der Waals surface area contributed by atoms with Crippen molar-refractivity contribution in [2.24, 2.45) is 0 Å². The zero-order valence-corrected chi connectivity index (χ0v) is 8.13. The molecule has 0 aromatic carbocycles. The summed E-state index contributed by atoms with van der Waals surface area (Å²) in [6, 6.07) is 0.163. The maximum absolute atomic E-state index is 11.3. The fourth-order valence-corrected chi connectivity index (χ4v) is 1.01. The lowest BCUT2D eigenvalue weighted by Crippen LogP contribution is -2.31. The Morgan fingerprint density at radius 2 is 2.38 bits per heavy atom. The molecule has 0 unspecified atom stereocenters. The van der Waals surface area contributed by atoms with E-state index in [1.165, 1.54) is 6.39 Å². The van der Waals surface area contributed by atoms with Gasteiger partial charge in [0.2, 0.25) is 5.91 Å². The zero-order valence-electron chi connectivity index (χ0n) is 8.13. The molecule has 0 spiro atoms. The normalized spacial score (nSPS) is 10.5. The largest absolute Gasteiger partial charge is 0.448 e. The molecule has 1 aromatic rings. The highest BCUT2D eigenvalue weighted by atomic mass is 16.3. The van der Waals surface area contributed by atoms with Gasteiger partial charge in [0.25, 0.3) is 0 Å². The van der Waals surface area contributed by atoms with E-state index in [1.54, 1.807) is 0 Å². The third-order valence-corrected chi connectivity index (χ3v) is 1.62. The third-order valence-electron chi connectivity index (χ3n) is 1.62. The van der Waals surface area contributed by atoms with Crippen LogP contribution >= 0.6 is 0 Å². The van der Waals surface area contributed by atoms with Gasteiger partial charge in [0.15, 0.2) is 6.39 Å². The van der Waals surface area contributed by atoms with Crippen molar-refractivity contribution in [1.29, 1.82) is 0 Å². The zero-order chi connectivity index (χ0) is 9.84. The first-order valence-corrected chi connectivity index (χ1v) is 4.28. The SMILES string of the molecule is Cc1ncoc1CC(=O)NC(C)C. The maximum Gasteiger partial charge on any atom is 0.227 e. The van der Waals surface area contributed by atoms with Crippen molar-refractivity contribution in [1.82, 2.24) is 10.3 Å². The lowest BCUT2D eigenvalue weighted by molar-refractivity contribution is -0.121. The van der Waals surface area contributed by atoms with Crippen LogP contribution in [0, 0.1) is 6.92 Å². The van der Waals surface area contributed by atoms with Crippen LogP contribution in [0.5, 0.6) is 0 Å². The van der Waals surface area contributed by atoms with Gasteiger partial charge in [0.1, 0.15) is 5.76 Å². The Morgan fingerprint density at radius 3 is 2.85 bits per heavy atom. The summed E-state index contributed by atoms with van der Waals surface area (Å²) in [5.41, 5.74) is 0.777. The maximum atomic E-state index is 11.3. The number of carbonyl (C=O) groups excluding carboxylic acids is 1. The van der Waals surface area contributed by atoms with Gasteiger partial charge < -0.3 is 9.73 Å². The molecule has 0 fully saturated rings. The molecule has 0 bridgehead atoms.